The van der Waals surface area contributed by atoms with Crippen LogP contribution in [0.3, 0.4) is 0 Å². The van der Waals surface area contributed by atoms with Gasteiger partial charge in [-0.15, -0.1) is 11.7 Å². The van der Waals surface area contributed by atoms with Crippen molar-refractivity contribution in [3.05, 3.63) is 0 Å². The van der Waals surface area contributed by atoms with Crippen LogP contribution in [0.1, 0.15) is 34.1 Å². The number of hydrogen-bond acceptors (Lipinski definition) is 1. The van der Waals surface area contributed by atoms with Gasteiger partial charge in [0.2, 0.25) is 0 Å². The van der Waals surface area contributed by atoms with E-state index in [0.717, 1.165) is 11.8 Å². The van der Waals surface area contributed by atoms with Gasteiger partial charge in [0.15, 0.2) is 0 Å². The van der Waals surface area contributed by atoms with E-state index in [2.05, 4.69) is 60.2 Å². The fraction of sp³-hybridized carbons (Fsp3) is 0.800. The molecule has 3 heteroatoms. The normalized spacial score (nSPS) is 10.5. The zero-order valence-corrected chi connectivity index (χ0v) is 10.6. The van der Waals surface area contributed by atoms with Gasteiger partial charge in [0.1, 0.15) is 0 Å². The van der Waals surface area contributed by atoms with Crippen LogP contribution in [0.15, 0.2) is 0 Å². The molecule has 0 saturated heterocycles. The zero-order chi connectivity index (χ0) is 10.3. The molecule has 0 unspecified atom stereocenters. The van der Waals surface area contributed by atoms with E-state index in [9.17, 15) is 0 Å². The minimum absolute atomic E-state index is 0.526. The van der Waals surface area contributed by atoms with Crippen LogP contribution in [-0.4, -0.2) is 29.6 Å². The third-order valence-corrected chi connectivity index (χ3v) is 2.12. The van der Waals surface area contributed by atoms with Gasteiger partial charge in [-0.05, 0) is 12.1 Å². The summed E-state index contributed by atoms with van der Waals surface area (Å²) in [6, 6.07) is 1.05. The third kappa shape index (κ3) is 6.18. The molecule has 0 fully saturated rings. The first kappa shape index (κ1) is 13.1. The van der Waals surface area contributed by atoms with Crippen LogP contribution in [0.25, 0.3) is 0 Å². The molecule has 0 aromatic rings. The quantitative estimate of drug-likeness (QED) is 0.416. The minimum atomic E-state index is 0.526. The molecule has 0 rings (SSSR count). The van der Waals surface area contributed by atoms with Crippen molar-refractivity contribution >= 4 is 23.3 Å². The maximum absolute atomic E-state index is 3.34. The van der Waals surface area contributed by atoms with Crippen LogP contribution in [-0.2, 0) is 0 Å². The summed E-state index contributed by atoms with van der Waals surface area (Å²) in [5.41, 5.74) is 0. The second-order valence-electron chi connectivity index (χ2n) is 3.52. The van der Waals surface area contributed by atoms with E-state index >= 15 is 0 Å². The minimum Gasteiger partial charge on any atom is -0.330 e. The number of nitrogens with zero attached hydrogens (tertiary/aromatic N) is 1. The van der Waals surface area contributed by atoms with Gasteiger partial charge in [-0.1, -0.05) is 43.6 Å². The summed E-state index contributed by atoms with van der Waals surface area (Å²) in [5.74, 6) is 6.15. The molecule has 0 aliphatic heterocycles. The molecule has 0 aromatic carbocycles. The average molecular weight is 243 g/mol. The van der Waals surface area contributed by atoms with Crippen LogP contribution >= 0.6 is 15.9 Å². The highest BCUT2D eigenvalue weighted by Gasteiger charge is 2.12. The van der Waals surface area contributed by atoms with E-state index in [-0.39, 0.29) is 0 Å². The van der Waals surface area contributed by atoms with Crippen molar-refractivity contribution < 1.29 is 0 Å². The average Bonchev–Trinajstić information content (AvgIpc) is 2.02. The number of hydrogen-bond donors (Lipinski definition) is 0. The van der Waals surface area contributed by atoms with E-state index in [4.69, 9.17) is 0 Å². The third-order valence-electron chi connectivity index (χ3n) is 1.73. The highest BCUT2D eigenvalue weighted by Crippen LogP contribution is 2.01. The Morgan fingerprint density at radius 2 is 1.77 bits per heavy atom. The number of halogens is 1. The molecule has 1 nitrogen and oxygen atoms in total. The van der Waals surface area contributed by atoms with Crippen molar-refractivity contribution in [3.8, 4) is 11.7 Å². The molecular formula is C10H18BBrN. The van der Waals surface area contributed by atoms with E-state index in [1.807, 2.05) is 7.41 Å². The van der Waals surface area contributed by atoms with Gasteiger partial charge in [-0.2, -0.15) is 0 Å². The Morgan fingerprint density at radius 1 is 1.23 bits per heavy atom. The van der Waals surface area contributed by atoms with Crippen molar-refractivity contribution in [3.63, 3.8) is 0 Å². The molecule has 13 heavy (non-hydrogen) atoms. The Balaban J connectivity index is 3.92. The van der Waals surface area contributed by atoms with Crippen molar-refractivity contribution in [2.45, 2.75) is 46.2 Å². The molecule has 0 aliphatic rings. The van der Waals surface area contributed by atoms with Crippen molar-refractivity contribution in [1.82, 2.24) is 4.81 Å². The molecule has 1 radical (unpaired) electrons. The maximum atomic E-state index is 3.34. The van der Waals surface area contributed by atoms with E-state index in [1.54, 1.807) is 0 Å². The first-order chi connectivity index (χ1) is 6.09. The molecule has 73 valence electrons. The first-order valence-electron chi connectivity index (χ1n) is 4.74. The number of rotatable bonds is 4. The maximum Gasteiger partial charge on any atom is 0.312 e. The predicted octanol–water partition coefficient (Wildman–Crippen LogP) is 2.47. The second kappa shape index (κ2) is 7.47. The molecule has 0 aliphatic carbocycles. The van der Waals surface area contributed by atoms with E-state index < -0.39 is 0 Å². The van der Waals surface area contributed by atoms with Crippen LogP contribution in [0, 0.1) is 11.7 Å². The fourth-order valence-corrected chi connectivity index (χ4v) is 1.33. The van der Waals surface area contributed by atoms with E-state index in [0.29, 0.717) is 12.1 Å². The lowest BCUT2D eigenvalue weighted by Crippen LogP contribution is -2.39. The molecule has 0 bridgehead atoms. The van der Waals surface area contributed by atoms with Gasteiger partial charge < -0.3 is 4.81 Å². The van der Waals surface area contributed by atoms with Gasteiger partial charge in [0.25, 0.3) is 0 Å². The van der Waals surface area contributed by atoms with Gasteiger partial charge in [-0.25, -0.2) is 0 Å². The van der Waals surface area contributed by atoms with E-state index in [1.165, 1.54) is 0 Å². The molecule has 0 saturated carbocycles. The first-order valence-corrected chi connectivity index (χ1v) is 5.86. The lowest BCUT2D eigenvalue weighted by atomic mass is 9.88. The lowest BCUT2D eigenvalue weighted by molar-refractivity contribution is 0.315. The summed E-state index contributed by atoms with van der Waals surface area (Å²) >= 11 is 3.34. The SMILES string of the molecule is CC(C)N([B]C#CCCBr)C(C)C. The number of alkyl halides is 1. The molecule has 0 atom stereocenters. The summed E-state index contributed by atoms with van der Waals surface area (Å²) in [4.78, 5) is 2.27. The van der Waals surface area contributed by atoms with Crippen molar-refractivity contribution in [2.24, 2.45) is 0 Å². The molecule has 0 aromatic heterocycles. The molecule has 0 heterocycles. The molecule has 0 N–H and O–H groups in total. The summed E-state index contributed by atoms with van der Waals surface area (Å²) in [7, 11) is 2.00. The molecule has 0 spiro atoms. The van der Waals surface area contributed by atoms with Crippen LogP contribution < -0.4 is 0 Å². The Morgan fingerprint density at radius 3 is 2.15 bits per heavy atom. The topological polar surface area (TPSA) is 3.24 Å². The van der Waals surface area contributed by atoms with Gasteiger partial charge >= 0.3 is 7.41 Å². The summed E-state index contributed by atoms with van der Waals surface area (Å²) in [6.07, 6.45) is 0.917. The standard InChI is InChI=1S/C10H18BBrN/c1-9(2)13(10(3)4)11-7-5-6-8-12/h9-10H,6,8H2,1-4H3. The van der Waals surface area contributed by atoms with Crippen LogP contribution in [0.5, 0.6) is 0 Å². The highest BCUT2D eigenvalue weighted by atomic mass is 79.9. The van der Waals surface area contributed by atoms with Crippen molar-refractivity contribution in [1.29, 1.82) is 0 Å². The summed E-state index contributed by atoms with van der Waals surface area (Å²) < 4.78 is 0. The van der Waals surface area contributed by atoms with Gasteiger partial charge in [-0.3, -0.25) is 0 Å². The Labute approximate surface area is 91.7 Å². The van der Waals surface area contributed by atoms with Crippen LogP contribution in [0.4, 0.5) is 0 Å². The van der Waals surface area contributed by atoms with Crippen LogP contribution in [0.2, 0.25) is 0 Å². The smallest absolute Gasteiger partial charge is 0.312 e. The van der Waals surface area contributed by atoms with Crippen molar-refractivity contribution in [2.75, 3.05) is 5.33 Å². The Bertz CT molecular complexity index is 173. The Hall–Kier alpha value is 0.0649. The zero-order valence-electron chi connectivity index (χ0n) is 8.97. The monoisotopic (exact) mass is 242 g/mol. The highest BCUT2D eigenvalue weighted by molar-refractivity contribution is 9.09. The predicted molar refractivity (Wildman–Crippen MR) is 64.1 cm³/mol. The summed E-state index contributed by atoms with van der Waals surface area (Å²) in [6.45, 7) is 8.73. The fourth-order valence-electron chi connectivity index (χ4n) is 1.13. The summed E-state index contributed by atoms with van der Waals surface area (Å²) in [5, 5.41) is 0.956. The lowest BCUT2D eigenvalue weighted by Gasteiger charge is -2.27. The largest absolute Gasteiger partial charge is 0.330 e. The second-order valence-corrected chi connectivity index (χ2v) is 4.32. The van der Waals surface area contributed by atoms with Gasteiger partial charge in [0.05, 0.1) is 0 Å². The molecular weight excluding hydrogens is 225 g/mol. The Kier molecular flexibility index (Phi) is 7.50. The van der Waals surface area contributed by atoms with Gasteiger partial charge in [0, 0.05) is 11.8 Å². The molecule has 0 amide bonds.